The number of rotatable bonds is 3. The second-order valence-corrected chi connectivity index (χ2v) is 7.16. The highest BCUT2D eigenvalue weighted by Crippen LogP contribution is 2.34. The maximum atomic E-state index is 6.49. The molecule has 2 aliphatic rings. The van der Waals surface area contributed by atoms with Crippen LogP contribution in [0.4, 0.5) is 0 Å². The van der Waals surface area contributed by atoms with E-state index in [4.69, 9.17) is 11.6 Å². The fraction of sp³-hybridized carbons (Fsp3) is 0.812. The van der Waals surface area contributed by atoms with Crippen LogP contribution in [0, 0.1) is 6.92 Å². The summed E-state index contributed by atoms with van der Waals surface area (Å²) in [6.45, 7) is 10.5. The average molecular weight is 311 g/mol. The fourth-order valence-electron chi connectivity index (χ4n) is 3.90. The quantitative estimate of drug-likeness (QED) is 0.932. The zero-order valence-electron chi connectivity index (χ0n) is 13.5. The molecule has 1 atom stereocenters. The Kier molecular flexibility index (Phi) is 4.30. The van der Waals surface area contributed by atoms with E-state index in [1.807, 2.05) is 6.92 Å². The van der Waals surface area contributed by atoms with Gasteiger partial charge in [0.2, 0.25) is 0 Å². The van der Waals surface area contributed by atoms with E-state index >= 15 is 0 Å². The number of nitrogens with one attached hydrogen (secondary N) is 1. The third-order valence-corrected chi connectivity index (χ3v) is 5.76. The second kappa shape index (κ2) is 5.90. The van der Waals surface area contributed by atoms with Crippen LogP contribution < -0.4 is 5.32 Å². The highest BCUT2D eigenvalue weighted by Gasteiger charge is 2.40. The third kappa shape index (κ3) is 2.86. The number of aryl methyl sites for hydroxylation is 2. The third-order valence-electron chi connectivity index (χ3n) is 5.27. The van der Waals surface area contributed by atoms with Crippen molar-refractivity contribution in [3.8, 4) is 0 Å². The molecule has 0 aromatic carbocycles. The van der Waals surface area contributed by atoms with Gasteiger partial charge in [-0.25, -0.2) is 0 Å². The topological polar surface area (TPSA) is 33.1 Å². The molecular weight excluding hydrogens is 284 g/mol. The summed E-state index contributed by atoms with van der Waals surface area (Å²) in [6.07, 6.45) is 5.36. The molecule has 1 aliphatic carbocycles. The van der Waals surface area contributed by atoms with Gasteiger partial charge in [-0.1, -0.05) is 24.4 Å². The van der Waals surface area contributed by atoms with E-state index in [9.17, 15) is 0 Å². The van der Waals surface area contributed by atoms with E-state index < -0.39 is 0 Å². The van der Waals surface area contributed by atoms with Gasteiger partial charge in [-0.15, -0.1) is 0 Å². The van der Waals surface area contributed by atoms with Crippen LogP contribution in [0.5, 0.6) is 0 Å². The number of hydrogen-bond donors (Lipinski definition) is 1. The smallest absolute Gasteiger partial charge is 0.0860 e. The minimum absolute atomic E-state index is 0.352. The van der Waals surface area contributed by atoms with Crippen molar-refractivity contribution in [1.82, 2.24) is 20.0 Å². The molecule has 1 unspecified atom stereocenters. The highest BCUT2D eigenvalue weighted by atomic mass is 35.5. The molecule has 1 saturated carbocycles. The number of nitrogens with zero attached hydrogens (tertiary/aromatic N) is 3. The van der Waals surface area contributed by atoms with Gasteiger partial charge in [0.15, 0.2) is 0 Å². The lowest BCUT2D eigenvalue weighted by atomic mass is 9.92. The van der Waals surface area contributed by atoms with Gasteiger partial charge in [0.25, 0.3) is 0 Å². The summed E-state index contributed by atoms with van der Waals surface area (Å²) >= 11 is 6.49. The summed E-state index contributed by atoms with van der Waals surface area (Å²) < 4.78 is 2.06. The molecule has 0 radical (unpaired) electrons. The molecule has 2 fully saturated rings. The molecule has 0 amide bonds. The number of aromatic nitrogens is 2. The molecule has 1 saturated heterocycles. The Morgan fingerprint density at radius 3 is 2.76 bits per heavy atom. The maximum Gasteiger partial charge on any atom is 0.0860 e. The zero-order valence-corrected chi connectivity index (χ0v) is 14.2. The Bertz CT molecular complexity index is 505. The van der Waals surface area contributed by atoms with Crippen LogP contribution in [0.25, 0.3) is 0 Å². The molecule has 118 valence electrons. The summed E-state index contributed by atoms with van der Waals surface area (Å²) in [5, 5.41) is 9.21. The van der Waals surface area contributed by atoms with Gasteiger partial charge in [-0.3, -0.25) is 9.58 Å². The Hall–Kier alpha value is -0.580. The summed E-state index contributed by atoms with van der Waals surface area (Å²) in [7, 11) is 0. The summed E-state index contributed by atoms with van der Waals surface area (Å²) in [5.41, 5.74) is 2.48. The second-order valence-electron chi connectivity index (χ2n) is 6.78. The van der Waals surface area contributed by atoms with Crippen molar-refractivity contribution in [2.24, 2.45) is 0 Å². The van der Waals surface area contributed by atoms with E-state index in [1.165, 1.54) is 31.4 Å². The van der Waals surface area contributed by atoms with Crippen LogP contribution >= 0.6 is 11.6 Å². The molecular formula is C16H27ClN4. The molecule has 21 heavy (non-hydrogen) atoms. The van der Waals surface area contributed by atoms with Crippen LogP contribution in [-0.4, -0.2) is 39.4 Å². The van der Waals surface area contributed by atoms with E-state index in [0.29, 0.717) is 11.6 Å². The van der Waals surface area contributed by atoms with Crippen molar-refractivity contribution in [2.45, 2.75) is 71.1 Å². The first-order valence-electron chi connectivity index (χ1n) is 8.25. The van der Waals surface area contributed by atoms with Crippen LogP contribution in [-0.2, 0) is 13.1 Å². The number of halogens is 1. The normalized spacial score (nSPS) is 25.8. The van der Waals surface area contributed by atoms with E-state index in [1.54, 1.807) is 0 Å². The standard InChI is InChI=1S/C16H27ClN4/c1-4-21-14(15(17)13(3)19-21)10-20-11-16(7-5-6-8-16)18-9-12(20)2/h12,18H,4-11H2,1-3H3. The molecule has 1 spiro atoms. The molecule has 1 aromatic heterocycles. The molecule has 1 N–H and O–H groups in total. The van der Waals surface area contributed by atoms with Crippen LogP contribution in [0.3, 0.4) is 0 Å². The Labute approximate surface area is 132 Å². The predicted molar refractivity (Wildman–Crippen MR) is 86.7 cm³/mol. The molecule has 3 rings (SSSR count). The minimum Gasteiger partial charge on any atom is -0.308 e. The van der Waals surface area contributed by atoms with Gasteiger partial charge >= 0.3 is 0 Å². The summed E-state index contributed by atoms with van der Waals surface area (Å²) in [6, 6.07) is 0.549. The molecule has 1 aliphatic heterocycles. The van der Waals surface area contributed by atoms with E-state index in [0.717, 1.165) is 36.9 Å². The lowest BCUT2D eigenvalue weighted by molar-refractivity contribution is 0.0803. The number of piperazine rings is 1. The average Bonchev–Trinajstić information content (AvgIpc) is 3.03. The molecule has 2 heterocycles. The highest BCUT2D eigenvalue weighted by molar-refractivity contribution is 6.31. The van der Waals surface area contributed by atoms with Crippen molar-refractivity contribution in [3.05, 3.63) is 16.4 Å². The van der Waals surface area contributed by atoms with Gasteiger partial charge in [0, 0.05) is 37.8 Å². The van der Waals surface area contributed by atoms with Gasteiger partial charge in [-0.05, 0) is 33.6 Å². The van der Waals surface area contributed by atoms with Gasteiger partial charge < -0.3 is 5.32 Å². The molecule has 0 bridgehead atoms. The van der Waals surface area contributed by atoms with Crippen molar-refractivity contribution in [2.75, 3.05) is 13.1 Å². The van der Waals surface area contributed by atoms with Crippen molar-refractivity contribution in [3.63, 3.8) is 0 Å². The van der Waals surface area contributed by atoms with Crippen molar-refractivity contribution in [1.29, 1.82) is 0 Å². The number of hydrogen-bond acceptors (Lipinski definition) is 3. The lowest BCUT2D eigenvalue weighted by Crippen LogP contribution is -2.62. The first kappa shape index (κ1) is 15.3. The molecule has 1 aromatic rings. The first-order valence-corrected chi connectivity index (χ1v) is 8.63. The van der Waals surface area contributed by atoms with Crippen LogP contribution in [0.1, 0.15) is 50.9 Å². The van der Waals surface area contributed by atoms with E-state index in [2.05, 4.69) is 33.8 Å². The summed E-state index contributed by atoms with van der Waals surface area (Å²) in [4.78, 5) is 2.59. The van der Waals surface area contributed by atoms with E-state index in [-0.39, 0.29) is 0 Å². The lowest BCUT2D eigenvalue weighted by Gasteiger charge is -2.45. The largest absolute Gasteiger partial charge is 0.308 e. The first-order chi connectivity index (χ1) is 10.0. The monoisotopic (exact) mass is 310 g/mol. The summed E-state index contributed by atoms with van der Waals surface area (Å²) in [5.74, 6) is 0. The van der Waals surface area contributed by atoms with Gasteiger partial charge in [0.05, 0.1) is 16.4 Å². The van der Waals surface area contributed by atoms with Gasteiger partial charge in [0.1, 0.15) is 0 Å². The molecule has 4 nitrogen and oxygen atoms in total. The SMILES string of the molecule is CCn1nc(C)c(Cl)c1CN1CC2(CCCC2)NCC1C. The predicted octanol–water partition coefficient (Wildman–Crippen LogP) is 2.97. The zero-order chi connectivity index (χ0) is 15.0. The van der Waals surface area contributed by atoms with Crippen molar-refractivity contribution < 1.29 is 0 Å². The van der Waals surface area contributed by atoms with Gasteiger partial charge in [-0.2, -0.15) is 5.10 Å². The fourth-order valence-corrected chi connectivity index (χ4v) is 4.10. The van der Waals surface area contributed by atoms with Crippen LogP contribution in [0.2, 0.25) is 5.02 Å². The van der Waals surface area contributed by atoms with Crippen molar-refractivity contribution >= 4 is 11.6 Å². The Morgan fingerprint density at radius 1 is 1.38 bits per heavy atom. The minimum atomic E-state index is 0.352. The molecule has 5 heteroatoms. The maximum absolute atomic E-state index is 6.49. The Morgan fingerprint density at radius 2 is 2.10 bits per heavy atom. The Balaban J connectivity index is 1.79. The van der Waals surface area contributed by atoms with Crippen LogP contribution in [0.15, 0.2) is 0 Å².